The number of Topliss-reactive ketones (excluding diaryl/α,β-unsaturated/α-hetero) is 1. The van der Waals surface area contributed by atoms with E-state index in [1.165, 1.54) is 0 Å². The molecule has 0 bridgehead atoms. The number of hydrogen-bond donors (Lipinski definition) is 0. The highest BCUT2D eigenvalue weighted by Gasteiger charge is 2.13. The Labute approximate surface area is 131 Å². The zero-order valence-electron chi connectivity index (χ0n) is 13.0. The topological polar surface area (TPSA) is 55.8 Å². The lowest BCUT2D eigenvalue weighted by atomic mass is 10.0. The van der Waals surface area contributed by atoms with Crippen molar-refractivity contribution in [2.45, 2.75) is 26.3 Å². The van der Waals surface area contributed by atoms with E-state index in [2.05, 4.69) is 4.90 Å². The van der Waals surface area contributed by atoms with Gasteiger partial charge in [0.25, 0.3) is 0 Å². The molecule has 0 N–H and O–H groups in total. The first-order chi connectivity index (χ1) is 10.7. The Kier molecular flexibility index (Phi) is 6.55. The van der Waals surface area contributed by atoms with E-state index in [1.54, 1.807) is 13.0 Å². The number of carbonyl (C=O) groups is 2. The van der Waals surface area contributed by atoms with Gasteiger partial charge in [-0.2, -0.15) is 0 Å². The minimum Gasteiger partial charge on any atom is -0.466 e. The summed E-state index contributed by atoms with van der Waals surface area (Å²) in [4.78, 5) is 25.8. The van der Waals surface area contributed by atoms with E-state index in [-0.39, 0.29) is 24.6 Å². The molecule has 120 valence electrons. The molecule has 5 heteroatoms. The van der Waals surface area contributed by atoms with Crippen LogP contribution in [0, 0.1) is 0 Å². The molecule has 0 aromatic heterocycles. The average molecular weight is 305 g/mol. The molecule has 22 heavy (non-hydrogen) atoms. The molecule has 1 aliphatic heterocycles. The third kappa shape index (κ3) is 5.24. The van der Waals surface area contributed by atoms with E-state index in [0.717, 1.165) is 38.4 Å². The summed E-state index contributed by atoms with van der Waals surface area (Å²) < 4.78 is 10.2. The summed E-state index contributed by atoms with van der Waals surface area (Å²) in [7, 11) is 0. The number of carbonyl (C=O) groups excluding carboxylic acids is 2. The van der Waals surface area contributed by atoms with Crippen LogP contribution in [0.3, 0.4) is 0 Å². The lowest BCUT2D eigenvalue weighted by Crippen LogP contribution is -2.35. The summed E-state index contributed by atoms with van der Waals surface area (Å²) in [5.74, 6) is -0.336. The molecule has 2 rings (SSSR count). The van der Waals surface area contributed by atoms with Gasteiger partial charge in [0.15, 0.2) is 5.78 Å². The molecule has 0 unspecified atom stereocenters. The van der Waals surface area contributed by atoms with Crippen LogP contribution in [-0.4, -0.2) is 49.6 Å². The second-order valence-corrected chi connectivity index (χ2v) is 5.32. The van der Waals surface area contributed by atoms with Gasteiger partial charge in [-0.05, 0) is 18.6 Å². The van der Waals surface area contributed by atoms with E-state index in [9.17, 15) is 9.59 Å². The van der Waals surface area contributed by atoms with Gasteiger partial charge in [-0.25, -0.2) is 0 Å². The summed E-state index contributed by atoms with van der Waals surface area (Å²) in [6, 6.07) is 7.64. The summed E-state index contributed by atoms with van der Waals surface area (Å²) in [6.07, 6.45) is 0.334. The molecule has 1 fully saturated rings. The number of hydrogen-bond acceptors (Lipinski definition) is 5. The number of benzene rings is 1. The molecule has 1 aromatic rings. The standard InChI is InChI=1S/C17H23NO4/c1-2-22-17(20)7-6-16(19)15-5-3-4-14(12-15)13-18-8-10-21-11-9-18/h3-5,12H,2,6-11,13H2,1H3. The van der Waals surface area contributed by atoms with Crippen LogP contribution in [0.5, 0.6) is 0 Å². The van der Waals surface area contributed by atoms with Crippen molar-refractivity contribution in [1.82, 2.24) is 4.90 Å². The highest BCUT2D eigenvalue weighted by atomic mass is 16.5. The average Bonchev–Trinajstić information content (AvgIpc) is 2.54. The van der Waals surface area contributed by atoms with E-state index in [1.807, 2.05) is 18.2 Å². The fraction of sp³-hybridized carbons (Fsp3) is 0.529. The van der Waals surface area contributed by atoms with Gasteiger partial charge in [-0.1, -0.05) is 18.2 Å². The van der Waals surface area contributed by atoms with Crippen LogP contribution >= 0.6 is 0 Å². The van der Waals surface area contributed by atoms with Gasteiger partial charge in [-0.15, -0.1) is 0 Å². The second kappa shape index (κ2) is 8.66. The zero-order chi connectivity index (χ0) is 15.8. The normalized spacial score (nSPS) is 15.5. The van der Waals surface area contributed by atoms with Crippen LogP contribution in [0.25, 0.3) is 0 Å². The van der Waals surface area contributed by atoms with Gasteiger partial charge in [0.2, 0.25) is 0 Å². The highest BCUT2D eigenvalue weighted by molar-refractivity contribution is 5.97. The Bertz CT molecular complexity index is 509. The minimum atomic E-state index is -0.319. The molecule has 1 heterocycles. The molecular formula is C17H23NO4. The van der Waals surface area contributed by atoms with E-state index in [4.69, 9.17) is 9.47 Å². The van der Waals surface area contributed by atoms with Crippen LogP contribution in [0.1, 0.15) is 35.7 Å². The fourth-order valence-electron chi connectivity index (χ4n) is 2.45. The second-order valence-electron chi connectivity index (χ2n) is 5.32. The number of rotatable bonds is 7. The first kappa shape index (κ1) is 16.6. The molecule has 1 aromatic carbocycles. The number of ether oxygens (including phenoxy) is 2. The number of ketones is 1. The van der Waals surface area contributed by atoms with Crippen LogP contribution in [0.15, 0.2) is 24.3 Å². The van der Waals surface area contributed by atoms with E-state index < -0.39 is 0 Å². The maximum atomic E-state index is 12.2. The van der Waals surface area contributed by atoms with Gasteiger partial charge in [0.05, 0.1) is 26.2 Å². The molecule has 0 amide bonds. The van der Waals surface area contributed by atoms with Crippen molar-refractivity contribution in [2.75, 3.05) is 32.9 Å². The fourth-order valence-corrected chi connectivity index (χ4v) is 2.45. The molecule has 5 nitrogen and oxygen atoms in total. The smallest absolute Gasteiger partial charge is 0.306 e. The van der Waals surface area contributed by atoms with Crippen LogP contribution in [-0.2, 0) is 20.8 Å². The van der Waals surface area contributed by atoms with Gasteiger partial charge >= 0.3 is 5.97 Å². The number of esters is 1. The largest absolute Gasteiger partial charge is 0.466 e. The SMILES string of the molecule is CCOC(=O)CCC(=O)c1cccc(CN2CCOCC2)c1. The molecule has 0 radical (unpaired) electrons. The third-order valence-electron chi connectivity index (χ3n) is 3.62. The Morgan fingerprint density at radius 3 is 2.73 bits per heavy atom. The predicted molar refractivity (Wildman–Crippen MR) is 82.7 cm³/mol. The lowest BCUT2D eigenvalue weighted by molar-refractivity contribution is -0.143. The van der Waals surface area contributed by atoms with Crippen molar-refractivity contribution in [1.29, 1.82) is 0 Å². The van der Waals surface area contributed by atoms with E-state index >= 15 is 0 Å². The molecule has 0 saturated carbocycles. The van der Waals surface area contributed by atoms with Crippen LogP contribution < -0.4 is 0 Å². The van der Waals surface area contributed by atoms with E-state index in [0.29, 0.717) is 12.2 Å². The van der Waals surface area contributed by atoms with Gasteiger partial charge in [-0.3, -0.25) is 14.5 Å². The van der Waals surface area contributed by atoms with Gasteiger partial charge in [0.1, 0.15) is 0 Å². The Morgan fingerprint density at radius 1 is 1.23 bits per heavy atom. The highest BCUT2D eigenvalue weighted by Crippen LogP contribution is 2.12. The zero-order valence-corrected chi connectivity index (χ0v) is 13.0. The molecular weight excluding hydrogens is 282 g/mol. The maximum absolute atomic E-state index is 12.2. The number of morpholine rings is 1. The molecule has 0 spiro atoms. The predicted octanol–water partition coefficient (Wildman–Crippen LogP) is 2.04. The molecule has 0 aliphatic carbocycles. The summed E-state index contributed by atoms with van der Waals surface area (Å²) in [6.45, 7) is 6.29. The Hall–Kier alpha value is -1.72. The van der Waals surface area contributed by atoms with Crippen molar-refractivity contribution >= 4 is 11.8 Å². The van der Waals surface area contributed by atoms with Crippen molar-refractivity contribution in [3.63, 3.8) is 0 Å². The lowest BCUT2D eigenvalue weighted by Gasteiger charge is -2.26. The van der Waals surface area contributed by atoms with Crippen LogP contribution in [0.4, 0.5) is 0 Å². The Balaban J connectivity index is 1.89. The Morgan fingerprint density at radius 2 is 2.00 bits per heavy atom. The maximum Gasteiger partial charge on any atom is 0.306 e. The van der Waals surface area contributed by atoms with Crippen molar-refractivity contribution in [3.05, 3.63) is 35.4 Å². The van der Waals surface area contributed by atoms with Crippen molar-refractivity contribution in [3.8, 4) is 0 Å². The third-order valence-corrected chi connectivity index (χ3v) is 3.62. The molecule has 1 saturated heterocycles. The van der Waals surface area contributed by atoms with Crippen LogP contribution in [0.2, 0.25) is 0 Å². The molecule has 1 aliphatic rings. The summed E-state index contributed by atoms with van der Waals surface area (Å²) >= 11 is 0. The summed E-state index contributed by atoms with van der Waals surface area (Å²) in [5, 5.41) is 0. The monoisotopic (exact) mass is 305 g/mol. The van der Waals surface area contributed by atoms with Gasteiger partial charge < -0.3 is 9.47 Å². The van der Waals surface area contributed by atoms with Gasteiger partial charge in [0, 0.05) is 31.6 Å². The van der Waals surface area contributed by atoms with Crippen molar-refractivity contribution in [2.24, 2.45) is 0 Å². The first-order valence-corrected chi connectivity index (χ1v) is 7.77. The first-order valence-electron chi connectivity index (χ1n) is 7.77. The number of nitrogens with zero attached hydrogens (tertiary/aromatic N) is 1. The van der Waals surface area contributed by atoms with Crippen molar-refractivity contribution < 1.29 is 19.1 Å². The molecule has 0 atom stereocenters. The minimum absolute atomic E-state index is 0.0168. The quantitative estimate of drug-likeness (QED) is 0.570. The summed E-state index contributed by atoms with van der Waals surface area (Å²) in [5.41, 5.74) is 1.78.